The summed E-state index contributed by atoms with van der Waals surface area (Å²) < 4.78 is 45.1. The molecule has 1 aliphatic heterocycles. The Kier molecular flexibility index (Phi) is 5.24. The van der Waals surface area contributed by atoms with Crippen molar-refractivity contribution in [1.82, 2.24) is 4.90 Å². The van der Waals surface area contributed by atoms with E-state index in [2.05, 4.69) is 0 Å². The van der Waals surface area contributed by atoms with Crippen molar-refractivity contribution in [2.24, 2.45) is 0 Å². The highest BCUT2D eigenvalue weighted by molar-refractivity contribution is 6.24. The molecule has 0 aromatic heterocycles. The highest BCUT2D eigenvalue weighted by Crippen LogP contribution is 2.41. The van der Waals surface area contributed by atoms with Crippen molar-refractivity contribution >= 4 is 17.6 Å². The van der Waals surface area contributed by atoms with Crippen LogP contribution < -0.4 is 4.90 Å². The lowest BCUT2D eigenvalue weighted by atomic mass is 9.86. The lowest BCUT2D eigenvalue weighted by molar-refractivity contribution is -0.137. The Balaban J connectivity index is 2.13. The van der Waals surface area contributed by atoms with Crippen LogP contribution in [-0.2, 0) is 15.7 Å². The number of hydrogen-bond donors (Lipinski definition) is 0. The van der Waals surface area contributed by atoms with Gasteiger partial charge in [-0.2, -0.15) is 18.4 Å². The number of anilines is 1. The third-order valence-corrected chi connectivity index (χ3v) is 4.97. The fraction of sp³-hybridized carbons (Fsp3) is 0.300. The molecule has 1 aliphatic carbocycles. The number of nitriles is 1. The van der Waals surface area contributed by atoms with E-state index in [1.807, 2.05) is 6.42 Å². The molecule has 1 unspecified atom stereocenters. The van der Waals surface area contributed by atoms with Crippen molar-refractivity contribution in [3.8, 4) is 6.07 Å². The van der Waals surface area contributed by atoms with Crippen LogP contribution >= 0.6 is 0 Å². The number of methoxy groups -OCH3 is 1. The third kappa shape index (κ3) is 3.29. The van der Waals surface area contributed by atoms with Crippen LogP contribution in [0.3, 0.4) is 0 Å². The van der Waals surface area contributed by atoms with Crippen LogP contribution in [0.5, 0.6) is 0 Å². The summed E-state index contributed by atoms with van der Waals surface area (Å²) in [5.41, 5.74) is -2.96. The van der Waals surface area contributed by atoms with Crippen molar-refractivity contribution in [3.63, 3.8) is 0 Å². The first-order valence-electron chi connectivity index (χ1n) is 8.63. The quantitative estimate of drug-likeness (QED) is 0.716. The highest BCUT2D eigenvalue weighted by Gasteiger charge is 2.56. The second-order valence-electron chi connectivity index (χ2n) is 6.67. The molecular weight excluding hydrogens is 387 g/mol. The second-order valence-corrected chi connectivity index (χ2v) is 6.67. The normalized spacial score (nSPS) is 22.1. The molecule has 0 spiro atoms. The van der Waals surface area contributed by atoms with Gasteiger partial charge in [-0.05, 0) is 43.5 Å². The Bertz CT molecular complexity index is 962. The minimum Gasteiger partial charge on any atom is -0.364 e. The molecule has 9 heteroatoms. The molecule has 0 saturated carbocycles. The number of carbonyl (C=O) groups excluding carboxylic acids is 2. The molecule has 151 valence electrons. The Morgan fingerprint density at radius 3 is 2.59 bits per heavy atom. The molecule has 0 bridgehead atoms. The zero-order valence-electron chi connectivity index (χ0n) is 15.7. The number of amides is 3. The molecular formula is C20H17F3N3O3. The maximum atomic E-state index is 13.3. The van der Waals surface area contributed by atoms with Gasteiger partial charge in [0.1, 0.15) is 12.3 Å². The first-order chi connectivity index (χ1) is 13.7. The average Bonchev–Trinajstić information content (AvgIpc) is 2.89. The summed E-state index contributed by atoms with van der Waals surface area (Å²) in [6.07, 6.45) is 2.81. The van der Waals surface area contributed by atoms with Gasteiger partial charge in [-0.15, -0.1) is 0 Å². The van der Waals surface area contributed by atoms with E-state index in [0.29, 0.717) is 23.0 Å². The number of halogens is 3. The van der Waals surface area contributed by atoms with E-state index in [4.69, 9.17) is 10.00 Å². The highest BCUT2D eigenvalue weighted by atomic mass is 19.4. The van der Waals surface area contributed by atoms with Gasteiger partial charge in [0.05, 0.1) is 22.9 Å². The van der Waals surface area contributed by atoms with Gasteiger partial charge in [-0.25, -0.2) is 9.69 Å². The first-order valence-corrected chi connectivity index (χ1v) is 8.63. The maximum absolute atomic E-state index is 13.3. The number of urea groups is 1. The summed E-state index contributed by atoms with van der Waals surface area (Å²) in [5, 5.41) is 8.97. The van der Waals surface area contributed by atoms with E-state index >= 15 is 0 Å². The van der Waals surface area contributed by atoms with E-state index in [1.165, 1.54) is 25.0 Å². The van der Waals surface area contributed by atoms with Crippen molar-refractivity contribution in [2.45, 2.75) is 25.1 Å². The van der Waals surface area contributed by atoms with E-state index < -0.39 is 34.8 Å². The first kappa shape index (κ1) is 20.6. The van der Waals surface area contributed by atoms with Crippen molar-refractivity contribution in [2.75, 3.05) is 18.7 Å². The molecule has 1 saturated heterocycles. The van der Waals surface area contributed by atoms with Crippen LogP contribution in [0, 0.1) is 17.8 Å². The molecule has 1 aromatic rings. The van der Waals surface area contributed by atoms with Crippen molar-refractivity contribution < 1.29 is 27.5 Å². The van der Waals surface area contributed by atoms with Crippen LogP contribution in [0.4, 0.5) is 23.7 Å². The van der Waals surface area contributed by atoms with Gasteiger partial charge < -0.3 is 4.74 Å². The van der Waals surface area contributed by atoms with E-state index in [-0.39, 0.29) is 12.4 Å². The minimum absolute atomic E-state index is 0.227. The lowest BCUT2D eigenvalue weighted by Gasteiger charge is -2.33. The summed E-state index contributed by atoms with van der Waals surface area (Å²) in [6, 6.07) is 3.42. The maximum Gasteiger partial charge on any atom is 0.417 e. The van der Waals surface area contributed by atoms with Gasteiger partial charge >= 0.3 is 12.2 Å². The summed E-state index contributed by atoms with van der Waals surface area (Å²) >= 11 is 0. The van der Waals surface area contributed by atoms with Crippen LogP contribution in [-0.4, -0.2) is 36.2 Å². The van der Waals surface area contributed by atoms with Crippen molar-refractivity contribution in [1.29, 1.82) is 5.26 Å². The lowest BCUT2D eigenvalue weighted by Crippen LogP contribution is -2.49. The van der Waals surface area contributed by atoms with Crippen LogP contribution in [0.1, 0.15) is 24.5 Å². The van der Waals surface area contributed by atoms with Gasteiger partial charge in [-0.3, -0.25) is 9.69 Å². The van der Waals surface area contributed by atoms with Crippen LogP contribution in [0.2, 0.25) is 0 Å². The SMILES string of the molecule is COCN1C(=O)N(c2ccc(C#N)c(C(F)(F)F)c2)C(=O)C1(C)C1=CC[CH]C=C1. The van der Waals surface area contributed by atoms with Gasteiger partial charge in [0.15, 0.2) is 0 Å². The molecule has 3 rings (SSSR count). The Hall–Kier alpha value is -3.12. The molecule has 0 N–H and O–H groups in total. The average molecular weight is 404 g/mol. The fourth-order valence-corrected chi connectivity index (χ4v) is 3.43. The zero-order chi connectivity index (χ0) is 21.4. The summed E-state index contributed by atoms with van der Waals surface area (Å²) in [7, 11) is 1.35. The smallest absolute Gasteiger partial charge is 0.364 e. The summed E-state index contributed by atoms with van der Waals surface area (Å²) in [4.78, 5) is 28.2. The number of hydrogen-bond acceptors (Lipinski definition) is 4. The number of alkyl halides is 3. The predicted octanol–water partition coefficient (Wildman–Crippen LogP) is 3.80. The minimum atomic E-state index is -4.81. The standard InChI is InChI=1S/C20H17F3N3O3/c1-19(14-6-4-3-5-7-14)17(27)26(18(28)25(19)12-29-2)15-9-8-13(11-24)16(10-15)20(21,22)23/h3-4,6-10H,5,12H2,1-2H3. The van der Waals surface area contributed by atoms with Crippen molar-refractivity contribution in [3.05, 3.63) is 59.5 Å². The molecule has 1 heterocycles. The van der Waals surface area contributed by atoms with E-state index in [0.717, 1.165) is 12.1 Å². The number of benzene rings is 1. The topological polar surface area (TPSA) is 73.6 Å². The second kappa shape index (κ2) is 7.37. The monoisotopic (exact) mass is 404 g/mol. The number of nitrogens with zero attached hydrogens (tertiary/aromatic N) is 3. The summed E-state index contributed by atoms with van der Waals surface area (Å²) in [5.74, 6) is -0.699. The van der Waals surface area contributed by atoms with Crippen LogP contribution in [0.25, 0.3) is 0 Å². The fourth-order valence-electron chi connectivity index (χ4n) is 3.43. The van der Waals surface area contributed by atoms with Gasteiger partial charge in [0.25, 0.3) is 5.91 Å². The number of ether oxygens (including phenoxy) is 1. The number of imide groups is 1. The molecule has 1 aromatic carbocycles. The summed E-state index contributed by atoms with van der Waals surface area (Å²) in [6.45, 7) is 1.30. The Morgan fingerprint density at radius 1 is 1.31 bits per heavy atom. The third-order valence-electron chi connectivity index (χ3n) is 4.97. The molecule has 1 fully saturated rings. The molecule has 6 nitrogen and oxygen atoms in total. The largest absolute Gasteiger partial charge is 0.417 e. The Morgan fingerprint density at radius 2 is 2.03 bits per heavy atom. The van der Waals surface area contributed by atoms with E-state index in [9.17, 15) is 22.8 Å². The van der Waals surface area contributed by atoms with Gasteiger partial charge in [0, 0.05) is 7.11 Å². The molecule has 3 amide bonds. The molecule has 1 radical (unpaired) electrons. The zero-order valence-corrected chi connectivity index (χ0v) is 15.7. The number of carbonyl (C=O) groups is 2. The van der Waals surface area contributed by atoms with Gasteiger partial charge in [0.2, 0.25) is 0 Å². The molecule has 29 heavy (non-hydrogen) atoms. The van der Waals surface area contributed by atoms with E-state index in [1.54, 1.807) is 18.2 Å². The van der Waals surface area contributed by atoms with Gasteiger partial charge in [-0.1, -0.05) is 18.2 Å². The molecule has 2 aliphatic rings. The number of rotatable bonds is 4. The Labute approximate surface area is 165 Å². The molecule has 1 atom stereocenters. The van der Waals surface area contributed by atoms with Crippen LogP contribution in [0.15, 0.2) is 42.0 Å². The number of allylic oxidation sites excluding steroid dienone is 2. The predicted molar refractivity (Wildman–Crippen MR) is 97.3 cm³/mol.